The number of ether oxygens (including phenoxy) is 2. The van der Waals surface area contributed by atoms with Crippen LogP contribution in [0.5, 0.6) is 5.75 Å². The molecule has 2 fully saturated rings. The van der Waals surface area contributed by atoms with Gasteiger partial charge in [-0.2, -0.15) is 0 Å². The lowest BCUT2D eigenvalue weighted by atomic mass is 10.2. The van der Waals surface area contributed by atoms with Crippen molar-refractivity contribution in [2.75, 3.05) is 31.1 Å². The molecule has 3 heterocycles. The number of hydrogen-bond donors (Lipinski definition) is 0. The molecule has 0 saturated carbocycles. The van der Waals surface area contributed by atoms with Crippen LogP contribution < -0.4 is 9.64 Å². The topological polar surface area (TPSA) is 75.2 Å². The number of imide groups is 1. The van der Waals surface area contributed by atoms with E-state index in [9.17, 15) is 22.8 Å². The van der Waals surface area contributed by atoms with Gasteiger partial charge in [-0.25, -0.2) is 9.69 Å². The van der Waals surface area contributed by atoms with Crippen molar-refractivity contribution in [2.45, 2.75) is 38.4 Å². The SMILES string of the molecule is CC1C(=O)N(c2ccc(OC(F)(F)F)cc2)C(=O)N1C(OCCN1CCCC1)c1ccncc1. The largest absolute Gasteiger partial charge is 0.573 e. The molecule has 0 N–H and O–H groups in total. The molecule has 1 aromatic carbocycles. The smallest absolute Gasteiger partial charge is 0.406 e. The summed E-state index contributed by atoms with van der Waals surface area (Å²) in [7, 11) is 0. The van der Waals surface area contributed by atoms with Crippen LogP contribution in [0.15, 0.2) is 48.8 Å². The number of carbonyl (C=O) groups excluding carboxylic acids is 2. The molecule has 0 aliphatic carbocycles. The van der Waals surface area contributed by atoms with Gasteiger partial charge in [0.1, 0.15) is 11.8 Å². The average Bonchev–Trinajstić information content (AvgIpc) is 3.39. The third-order valence-corrected chi connectivity index (χ3v) is 5.86. The van der Waals surface area contributed by atoms with E-state index in [4.69, 9.17) is 4.74 Å². The Morgan fingerprint density at radius 1 is 1.06 bits per heavy atom. The Morgan fingerprint density at radius 3 is 2.32 bits per heavy atom. The Kier molecular flexibility index (Phi) is 7.03. The highest BCUT2D eigenvalue weighted by Gasteiger charge is 2.47. The van der Waals surface area contributed by atoms with E-state index in [2.05, 4.69) is 14.6 Å². The number of halogens is 3. The molecule has 182 valence electrons. The van der Waals surface area contributed by atoms with Crippen molar-refractivity contribution in [1.29, 1.82) is 0 Å². The van der Waals surface area contributed by atoms with Crippen LogP contribution in [-0.2, 0) is 9.53 Å². The molecule has 11 heteroatoms. The Balaban J connectivity index is 1.54. The molecule has 2 atom stereocenters. The van der Waals surface area contributed by atoms with E-state index in [1.165, 1.54) is 17.0 Å². The first-order chi connectivity index (χ1) is 16.2. The molecular formula is C23H25F3N4O4. The molecular weight excluding hydrogens is 453 g/mol. The van der Waals surface area contributed by atoms with Gasteiger partial charge in [0, 0.05) is 24.5 Å². The van der Waals surface area contributed by atoms with Gasteiger partial charge < -0.3 is 14.4 Å². The normalized spacial score (nSPS) is 20.3. The van der Waals surface area contributed by atoms with Gasteiger partial charge in [0.15, 0.2) is 6.23 Å². The predicted molar refractivity (Wildman–Crippen MR) is 116 cm³/mol. The fourth-order valence-corrected chi connectivity index (χ4v) is 4.18. The van der Waals surface area contributed by atoms with Gasteiger partial charge in [-0.3, -0.25) is 14.7 Å². The van der Waals surface area contributed by atoms with Crippen LogP contribution in [0.1, 0.15) is 31.6 Å². The Labute approximate surface area is 194 Å². The summed E-state index contributed by atoms with van der Waals surface area (Å²) in [5, 5.41) is 0. The first-order valence-corrected chi connectivity index (χ1v) is 11.0. The van der Waals surface area contributed by atoms with Gasteiger partial charge in [-0.1, -0.05) is 0 Å². The fraction of sp³-hybridized carbons (Fsp3) is 0.435. The van der Waals surface area contributed by atoms with E-state index < -0.39 is 36.3 Å². The maximum Gasteiger partial charge on any atom is 0.573 e. The van der Waals surface area contributed by atoms with Crippen LogP contribution in [0.3, 0.4) is 0 Å². The third-order valence-electron chi connectivity index (χ3n) is 5.86. The number of hydrogen-bond acceptors (Lipinski definition) is 6. The molecule has 0 spiro atoms. The van der Waals surface area contributed by atoms with E-state index in [1.807, 2.05) is 0 Å². The van der Waals surface area contributed by atoms with Gasteiger partial charge in [0.25, 0.3) is 5.91 Å². The summed E-state index contributed by atoms with van der Waals surface area (Å²) in [6, 6.07) is 6.57. The summed E-state index contributed by atoms with van der Waals surface area (Å²) in [4.78, 5) is 35.0. The van der Waals surface area contributed by atoms with E-state index >= 15 is 0 Å². The summed E-state index contributed by atoms with van der Waals surface area (Å²) < 4.78 is 47.4. The molecule has 0 bridgehead atoms. The molecule has 4 rings (SSSR count). The first-order valence-electron chi connectivity index (χ1n) is 11.0. The lowest BCUT2D eigenvalue weighted by Gasteiger charge is -2.30. The highest BCUT2D eigenvalue weighted by molar-refractivity contribution is 6.21. The summed E-state index contributed by atoms with van der Waals surface area (Å²) >= 11 is 0. The number of aromatic nitrogens is 1. The van der Waals surface area contributed by atoms with Crippen LogP contribution in [0, 0.1) is 0 Å². The Bertz CT molecular complexity index is 998. The lowest BCUT2D eigenvalue weighted by Crippen LogP contribution is -2.39. The number of carbonyl (C=O) groups is 2. The highest BCUT2D eigenvalue weighted by Crippen LogP contribution is 2.34. The monoisotopic (exact) mass is 478 g/mol. The molecule has 2 unspecified atom stereocenters. The molecule has 2 aromatic rings. The maximum atomic E-state index is 13.4. The Morgan fingerprint density at radius 2 is 1.71 bits per heavy atom. The molecule has 1 aromatic heterocycles. The number of alkyl halides is 3. The minimum atomic E-state index is -4.84. The number of benzene rings is 1. The minimum absolute atomic E-state index is 0.143. The summed E-state index contributed by atoms with van der Waals surface area (Å²) in [6.07, 6.45) is -0.213. The van der Waals surface area contributed by atoms with Gasteiger partial charge >= 0.3 is 12.4 Å². The average molecular weight is 478 g/mol. The van der Waals surface area contributed by atoms with Gasteiger partial charge in [-0.05, 0) is 69.3 Å². The zero-order valence-corrected chi connectivity index (χ0v) is 18.6. The van der Waals surface area contributed by atoms with E-state index in [0.717, 1.165) is 43.0 Å². The standard InChI is InChI=1S/C23H25F3N4O4/c1-16-20(31)30(18-4-6-19(7-5-18)34-23(24,25)26)22(32)29(16)21(17-8-10-27-11-9-17)33-15-14-28-12-2-3-13-28/h4-11,16,21H,2-3,12-15H2,1H3. The number of rotatable bonds is 8. The number of nitrogens with zero attached hydrogens (tertiary/aromatic N) is 4. The molecule has 2 saturated heterocycles. The quantitative estimate of drug-likeness (QED) is 0.535. The first kappa shape index (κ1) is 24.0. The van der Waals surface area contributed by atoms with Gasteiger partial charge in [-0.15, -0.1) is 13.2 Å². The van der Waals surface area contributed by atoms with Crippen molar-refractivity contribution in [3.05, 3.63) is 54.4 Å². The zero-order valence-electron chi connectivity index (χ0n) is 18.6. The zero-order chi connectivity index (χ0) is 24.3. The molecule has 0 radical (unpaired) electrons. The second-order valence-electron chi connectivity index (χ2n) is 8.13. The van der Waals surface area contributed by atoms with Crippen molar-refractivity contribution in [3.63, 3.8) is 0 Å². The Hall–Kier alpha value is -3.18. The van der Waals surface area contributed by atoms with Crippen molar-refractivity contribution < 1.29 is 32.2 Å². The van der Waals surface area contributed by atoms with E-state index in [-0.39, 0.29) is 5.69 Å². The molecule has 2 aliphatic heterocycles. The molecule has 3 amide bonds. The molecule has 2 aliphatic rings. The lowest BCUT2D eigenvalue weighted by molar-refractivity contribution is -0.274. The van der Waals surface area contributed by atoms with Gasteiger partial charge in [0.05, 0.1) is 12.3 Å². The fourth-order valence-electron chi connectivity index (χ4n) is 4.18. The van der Waals surface area contributed by atoms with Gasteiger partial charge in [0.2, 0.25) is 0 Å². The van der Waals surface area contributed by atoms with Crippen LogP contribution in [0.25, 0.3) is 0 Å². The minimum Gasteiger partial charge on any atom is -0.406 e. The number of pyridine rings is 1. The predicted octanol–water partition coefficient (Wildman–Crippen LogP) is 3.95. The number of amides is 3. The second-order valence-corrected chi connectivity index (χ2v) is 8.13. The summed E-state index contributed by atoms with van der Waals surface area (Å²) in [5.41, 5.74) is 0.810. The van der Waals surface area contributed by atoms with Crippen LogP contribution >= 0.6 is 0 Å². The maximum absolute atomic E-state index is 13.4. The van der Waals surface area contributed by atoms with E-state index in [1.54, 1.807) is 31.5 Å². The summed E-state index contributed by atoms with van der Waals surface area (Å²) in [6.45, 7) is 4.67. The number of anilines is 1. The van der Waals surface area contributed by atoms with Crippen molar-refractivity contribution in [3.8, 4) is 5.75 Å². The third kappa shape index (κ3) is 5.31. The number of likely N-dealkylation sites (tertiary alicyclic amines) is 1. The van der Waals surface area contributed by atoms with Crippen LogP contribution in [0.2, 0.25) is 0 Å². The molecule has 8 nitrogen and oxygen atoms in total. The highest BCUT2D eigenvalue weighted by atomic mass is 19.4. The van der Waals surface area contributed by atoms with Crippen molar-refractivity contribution in [1.82, 2.24) is 14.8 Å². The second kappa shape index (κ2) is 9.98. The number of urea groups is 1. The van der Waals surface area contributed by atoms with Crippen LogP contribution in [0.4, 0.5) is 23.7 Å². The van der Waals surface area contributed by atoms with Crippen molar-refractivity contribution >= 4 is 17.6 Å². The molecule has 34 heavy (non-hydrogen) atoms. The van der Waals surface area contributed by atoms with E-state index in [0.29, 0.717) is 18.7 Å². The van der Waals surface area contributed by atoms with Crippen LogP contribution in [-0.4, -0.2) is 65.4 Å². The van der Waals surface area contributed by atoms with Crippen molar-refractivity contribution in [2.24, 2.45) is 0 Å². The summed E-state index contributed by atoms with van der Waals surface area (Å²) in [5.74, 6) is -0.947.